The van der Waals surface area contributed by atoms with Crippen LogP contribution in [0.15, 0.2) is 12.3 Å². The minimum atomic E-state index is -0.0483. The Hall–Kier alpha value is -1.40. The molecule has 3 rings (SSSR count). The zero-order valence-electron chi connectivity index (χ0n) is 10.3. The van der Waals surface area contributed by atoms with Crippen LogP contribution in [0.3, 0.4) is 0 Å². The van der Waals surface area contributed by atoms with Crippen LogP contribution in [0, 0.1) is 5.92 Å². The maximum Gasteiger partial charge on any atom is 0.230 e. The lowest BCUT2D eigenvalue weighted by molar-refractivity contribution is -0.120. The number of aromatic nitrogens is 2. The van der Waals surface area contributed by atoms with E-state index in [0.29, 0.717) is 6.04 Å². The number of nitrogens with zero attached hydrogens (tertiary/aromatic N) is 2. The fraction of sp³-hybridized carbons (Fsp3) is 0.667. The summed E-state index contributed by atoms with van der Waals surface area (Å²) in [6.45, 7) is 1.82. The van der Waals surface area contributed by atoms with Gasteiger partial charge in [0.1, 0.15) is 5.82 Å². The summed E-state index contributed by atoms with van der Waals surface area (Å²) >= 11 is 0. The highest BCUT2D eigenvalue weighted by molar-refractivity contribution is 5.92. The fourth-order valence-corrected chi connectivity index (χ4v) is 2.68. The van der Waals surface area contributed by atoms with E-state index in [1.807, 2.05) is 10.7 Å². The lowest BCUT2D eigenvalue weighted by Crippen LogP contribution is -2.44. The van der Waals surface area contributed by atoms with Crippen molar-refractivity contribution < 1.29 is 4.79 Å². The normalized spacial score (nSPS) is 28.1. The first-order valence-electron chi connectivity index (χ1n) is 6.56. The molecule has 0 bridgehead atoms. The van der Waals surface area contributed by atoms with E-state index in [0.717, 1.165) is 38.2 Å². The molecule has 6 nitrogen and oxygen atoms in total. The van der Waals surface area contributed by atoms with Crippen LogP contribution in [-0.2, 0) is 4.79 Å². The zero-order chi connectivity index (χ0) is 12.5. The van der Waals surface area contributed by atoms with Gasteiger partial charge in [-0.3, -0.25) is 4.79 Å². The molecule has 98 valence electrons. The van der Waals surface area contributed by atoms with Gasteiger partial charge in [0.2, 0.25) is 5.91 Å². The third-order valence-electron chi connectivity index (χ3n) is 3.93. The van der Waals surface area contributed by atoms with Crippen LogP contribution in [0.25, 0.3) is 0 Å². The summed E-state index contributed by atoms with van der Waals surface area (Å²) in [5.41, 5.74) is 5.95. The fourth-order valence-electron chi connectivity index (χ4n) is 2.68. The highest BCUT2D eigenvalue weighted by Gasteiger charge is 2.31. The lowest BCUT2D eigenvalue weighted by atomic mass is 10.0. The first-order chi connectivity index (χ1) is 8.75. The monoisotopic (exact) mass is 249 g/mol. The molecule has 1 aromatic heterocycles. The number of carbonyl (C=O) groups is 1. The van der Waals surface area contributed by atoms with E-state index in [9.17, 15) is 4.79 Å². The number of amides is 1. The molecule has 1 saturated carbocycles. The molecule has 0 radical (unpaired) electrons. The van der Waals surface area contributed by atoms with Crippen molar-refractivity contribution in [1.82, 2.24) is 15.1 Å². The van der Waals surface area contributed by atoms with Crippen molar-refractivity contribution in [3.8, 4) is 0 Å². The van der Waals surface area contributed by atoms with Gasteiger partial charge < -0.3 is 16.4 Å². The van der Waals surface area contributed by atoms with Crippen LogP contribution in [0.4, 0.5) is 5.82 Å². The molecule has 18 heavy (non-hydrogen) atoms. The Morgan fingerprint density at radius 2 is 2.33 bits per heavy atom. The number of rotatable bonds is 3. The maximum atomic E-state index is 12.2. The molecule has 0 unspecified atom stereocenters. The molecular formula is C12H19N5O. The molecule has 0 aromatic carbocycles. The Morgan fingerprint density at radius 1 is 1.50 bits per heavy atom. The molecule has 1 amide bonds. The molecule has 0 spiro atoms. The average molecular weight is 249 g/mol. The topological polar surface area (TPSA) is 85.0 Å². The number of nitrogens with two attached hydrogens (primary N) is 1. The smallest absolute Gasteiger partial charge is 0.230 e. The Balaban J connectivity index is 1.68. The van der Waals surface area contributed by atoms with Gasteiger partial charge in [0.05, 0.1) is 18.2 Å². The Morgan fingerprint density at radius 3 is 2.94 bits per heavy atom. The Kier molecular flexibility index (Phi) is 3.05. The van der Waals surface area contributed by atoms with Gasteiger partial charge in [-0.2, -0.15) is 5.10 Å². The van der Waals surface area contributed by atoms with Gasteiger partial charge in [0, 0.05) is 25.2 Å². The Labute approximate surface area is 106 Å². The van der Waals surface area contributed by atoms with Crippen molar-refractivity contribution in [2.45, 2.75) is 31.3 Å². The highest BCUT2D eigenvalue weighted by atomic mass is 16.2. The van der Waals surface area contributed by atoms with Gasteiger partial charge in [-0.1, -0.05) is 6.42 Å². The number of anilines is 1. The average Bonchev–Trinajstić information content (AvgIpc) is 2.86. The minimum absolute atomic E-state index is 0.00624. The molecule has 2 aliphatic rings. The van der Waals surface area contributed by atoms with Crippen LogP contribution < -0.4 is 16.4 Å². The van der Waals surface area contributed by atoms with Crippen molar-refractivity contribution in [2.75, 3.05) is 18.4 Å². The Bertz CT molecular complexity index is 439. The van der Waals surface area contributed by atoms with Crippen molar-refractivity contribution in [3.63, 3.8) is 0 Å². The van der Waals surface area contributed by atoms with E-state index >= 15 is 0 Å². The van der Waals surface area contributed by atoms with Gasteiger partial charge in [-0.15, -0.1) is 0 Å². The molecule has 2 heterocycles. The van der Waals surface area contributed by atoms with E-state index in [4.69, 9.17) is 5.73 Å². The largest absolute Gasteiger partial charge is 0.327 e. The second kappa shape index (κ2) is 4.70. The van der Waals surface area contributed by atoms with Crippen LogP contribution in [-0.4, -0.2) is 34.8 Å². The van der Waals surface area contributed by atoms with Crippen molar-refractivity contribution in [2.24, 2.45) is 11.7 Å². The third kappa shape index (κ3) is 2.02. The summed E-state index contributed by atoms with van der Waals surface area (Å²) in [7, 11) is 0. The predicted molar refractivity (Wildman–Crippen MR) is 68.1 cm³/mol. The summed E-state index contributed by atoms with van der Waals surface area (Å²) in [5, 5.41) is 10.4. The highest BCUT2D eigenvalue weighted by Crippen LogP contribution is 2.26. The van der Waals surface area contributed by atoms with Gasteiger partial charge in [0.15, 0.2) is 0 Å². The standard InChI is InChI=1S/C12H19N5O/c13-10-3-1-2-9(10)12(18)16-11-4-5-15-17(11)8-6-14-7-8/h4-5,8-10,14H,1-3,6-7,13H2,(H,16,18)/t9-,10+/m0/s1. The first kappa shape index (κ1) is 11.7. The summed E-state index contributed by atoms with van der Waals surface area (Å²) in [6, 6.07) is 2.20. The number of carbonyl (C=O) groups excluding carboxylic acids is 1. The predicted octanol–water partition coefficient (Wildman–Crippen LogP) is 0.0933. The van der Waals surface area contributed by atoms with E-state index in [1.165, 1.54) is 0 Å². The number of hydrogen-bond donors (Lipinski definition) is 3. The first-order valence-corrected chi connectivity index (χ1v) is 6.56. The summed E-state index contributed by atoms with van der Waals surface area (Å²) in [5.74, 6) is 0.771. The van der Waals surface area contributed by atoms with E-state index in [-0.39, 0.29) is 17.9 Å². The quantitative estimate of drug-likeness (QED) is 0.709. The van der Waals surface area contributed by atoms with E-state index < -0.39 is 0 Å². The molecule has 2 atom stereocenters. The van der Waals surface area contributed by atoms with Crippen molar-refractivity contribution in [3.05, 3.63) is 12.3 Å². The second-order valence-corrected chi connectivity index (χ2v) is 5.16. The van der Waals surface area contributed by atoms with Crippen LogP contribution >= 0.6 is 0 Å². The van der Waals surface area contributed by atoms with Crippen molar-refractivity contribution in [1.29, 1.82) is 0 Å². The van der Waals surface area contributed by atoms with Crippen LogP contribution in [0.1, 0.15) is 25.3 Å². The molecule has 6 heteroatoms. The molecule has 1 aliphatic carbocycles. The molecule has 2 fully saturated rings. The number of hydrogen-bond acceptors (Lipinski definition) is 4. The summed E-state index contributed by atoms with van der Waals surface area (Å²) in [6.07, 6.45) is 4.61. The number of nitrogens with one attached hydrogen (secondary N) is 2. The van der Waals surface area contributed by atoms with Gasteiger partial charge >= 0.3 is 0 Å². The summed E-state index contributed by atoms with van der Waals surface area (Å²) in [4.78, 5) is 12.2. The SMILES string of the molecule is N[C@@H]1CCC[C@@H]1C(=O)Nc1ccnn1C1CNC1. The minimum Gasteiger partial charge on any atom is -0.327 e. The second-order valence-electron chi connectivity index (χ2n) is 5.16. The molecule has 1 aliphatic heterocycles. The van der Waals surface area contributed by atoms with Gasteiger partial charge in [-0.05, 0) is 12.8 Å². The van der Waals surface area contributed by atoms with Crippen molar-refractivity contribution >= 4 is 11.7 Å². The van der Waals surface area contributed by atoms with E-state index in [1.54, 1.807) is 6.20 Å². The lowest BCUT2D eigenvalue weighted by Gasteiger charge is -2.29. The van der Waals surface area contributed by atoms with Gasteiger partial charge in [0.25, 0.3) is 0 Å². The van der Waals surface area contributed by atoms with E-state index in [2.05, 4.69) is 15.7 Å². The van der Waals surface area contributed by atoms with Gasteiger partial charge in [-0.25, -0.2) is 4.68 Å². The molecule has 4 N–H and O–H groups in total. The third-order valence-corrected chi connectivity index (χ3v) is 3.93. The summed E-state index contributed by atoms with van der Waals surface area (Å²) < 4.78 is 1.88. The van der Waals surface area contributed by atoms with Crippen LogP contribution in [0.5, 0.6) is 0 Å². The molecule has 1 aromatic rings. The maximum absolute atomic E-state index is 12.2. The van der Waals surface area contributed by atoms with Crippen LogP contribution in [0.2, 0.25) is 0 Å². The molecular weight excluding hydrogens is 230 g/mol. The zero-order valence-corrected chi connectivity index (χ0v) is 10.3. The molecule has 1 saturated heterocycles.